The van der Waals surface area contributed by atoms with E-state index in [1.807, 2.05) is 20.8 Å². The van der Waals surface area contributed by atoms with Crippen LogP contribution in [-0.4, -0.2) is 48.3 Å². The highest BCUT2D eigenvalue weighted by Crippen LogP contribution is 2.20. The first-order valence-electron chi connectivity index (χ1n) is 6.59. The van der Waals surface area contributed by atoms with Crippen LogP contribution in [0.4, 0.5) is 0 Å². The molecule has 0 aliphatic carbocycles. The molecule has 1 N–H and O–H groups in total. The van der Waals surface area contributed by atoms with E-state index in [2.05, 4.69) is 4.90 Å². The molecule has 1 aliphatic heterocycles. The minimum atomic E-state index is -0.138. The zero-order chi connectivity index (χ0) is 12.7. The molecule has 0 spiro atoms. The summed E-state index contributed by atoms with van der Waals surface area (Å²) < 4.78 is 11.1. The molecule has 4 nitrogen and oxygen atoms in total. The number of ether oxygens (including phenoxy) is 2. The Kier molecular flexibility index (Phi) is 6.41. The molecular weight excluding hydrogens is 218 g/mol. The lowest BCUT2D eigenvalue weighted by Gasteiger charge is -2.25. The average molecular weight is 245 g/mol. The number of nitrogens with zero attached hydrogens (tertiary/aromatic N) is 1. The summed E-state index contributed by atoms with van der Waals surface area (Å²) in [5, 5.41) is 8.85. The number of aliphatic hydroxyl groups excluding tert-OH is 1. The summed E-state index contributed by atoms with van der Waals surface area (Å²) in [5.74, 6) is 0. The van der Waals surface area contributed by atoms with Gasteiger partial charge in [-0.25, -0.2) is 0 Å². The molecule has 1 heterocycles. The predicted octanol–water partition coefficient (Wildman–Crippen LogP) is 1.97. The van der Waals surface area contributed by atoms with Gasteiger partial charge in [0.05, 0.1) is 5.60 Å². The third-order valence-electron chi connectivity index (χ3n) is 3.03. The third-order valence-corrected chi connectivity index (χ3v) is 3.03. The molecule has 1 aliphatic rings. The predicted molar refractivity (Wildman–Crippen MR) is 67.7 cm³/mol. The third kappa shape index (κ3) is 6.36. The van der Waals surface area contributed by atoms with Crippen LogP contribution in [0.3, 0.4) is 0 Å². The van der Waals surface area contributed by atoms with Crippen LogP contribution in [0.15, 0.2) is 0 Å². The van der Waals surface area contributed by atoms with Gasteiger partial charge in [-0.1, -0.05) is 0 Å². The average Bonchev–Trinajstić information content (AvgIpc) is 2.67. The van der Waals surface area contributed by atoms with E-state index < -0.39 is 0 Å². The van der Waals surface area contributed by atoms with Gasteiger partial charge in [0, 0.05) is 19.2 Å². The second-order valence-electron chi connectivity index (χ2n) is 5.68. The van der Waals surface area contributed by atoms with Crippen molar-refractivity contribution in [1.82, 2.24) is 4.90 Å². The first-order valence-corrected chi connectivity index (χ1v) is 6.59. The summed E-state index contributed by atoms with van der Waals surface area (Å²) in [4.78, 5) is 2.35. The molecule has 1 rings (SSSR count). The van der Waals surface area contributed by atoms with Crippen LogP contribution in [0.5, 0.6) is 0 Å². The number of hydrogen-bond donors (Lipinski definition) is 1. The largest absolute Gasteiger partial charge is 0.396 e. The maximum Gasteiger partial charge on any atom is 0.149 e. The summed E-state index contributed by atoms with van der Waals surface area (Å²) in [6.45, 7) is 8.46. The fraction of sp³-hybridized carbons (Fsp3) is 1.00. The summed E-state index contributed by atoms with van der Waals surface area (Å²) in [7, 11) is 0. The molecule has 4 heteroatoms. The molecule has 102 valence electrons. The van der Waals surface area contributed by atoms with Crippen LogP contribution in [0.25, 0.3) is 0 Å². The maximum atomic E-state index is 8.85. The number of hydrogen-bond acceptors (Lipinski definition) is 4. The quantitative estimate of drug-likeness (QED) is 0.550. The Bertz CT molecular complexity index is 203. The van der Waals surface area contributed by atoms with Gasteiger partial charge in [-0.3, -0.25) is 4.90 Å². The van der Waals surface area contributed by atoms with Gasteiger partial charge in [0.2, 0.25) is 0 Å². The number of likely N-dealkylation sites (tertiary alicyclic amines) is 1. The Labute approximate surface area is 105 Å². The molecule has 1 atom stereocenters. The smallest absolute Gasteiger partial charge is 0.149 e. The normalized spacial score (nSPS) is 22.2. The first kappa shape index (κ1) is 14.9. The van der Waals surface area contributed by atoms with E-state index in [0.717, 1.165) is 19.4 Å². The summed E-state index contributed by atoms with van der Waals surface area (Å²) >= 11 is 0. The van der Waals surface area contributed by atoms with Gasteiger partial charge in [0.25, 0.3) is 0 Å². The van der Waals surface area contributed by atoms with E-state index in [9.17, 15) is 0 Å². The van der Waals surface area contributed by atoms with E-state index in [4.69, 9.17) is 14.6 Å². The summed E-state index contributed by atoms with van der Waals surface area (Å²) in [6, 6.07) is 0.580. The zero-order valence-corrected chi connectivity index (χ0v) is 11.4. The van der Waals surface area contributed by atoms with Crippen LogP contribution >= 0.6 is 0 Å². The van der Waals surface area contributed by atoms with Crippen LogP contribution in [0.2, 0.25) is 0 Å². The van der Waals surface area contributed by atoms with Gasteiger partial charge in [0.15, 0.2) is 0 Å². The minimum Gasteiger partial charge on any atom is -0.396 e. The molecule has 0 radical (unpaired) electrons. The van der Waals surface area contributed by atoms with Gasteiger partial charge in [-0.2, -0.15) is 0 Å². The fourth-order valence-corrected chi connectivity index (χ4v) is 2.09. The lowest BCUT2D eigenvalue weighted by molar-refractivity contribution is -0.142. The van der Waals surface area contributed by atoms with Crippen molar-refractivity contribution in [3.8, 4) is 0 Å². The second kappa shape index (κ2) is 7.31. The van der Waals surface area contributed by atoms with Crippen molar-refractivity contribution in [1.29, 1.82) is 0 Å². The molecule has 0 aromatic heterocycles. The van der Waals surface area contributed by atoms with Crippen molar-refractivity contribution in [3.05, 3.63) is 0 Å². The second-order valence-corrected chi connectivity index (χ2v) is 5.68. The lowest BCUT2D eigenvalue weighted by Crippen LogP contribution is -2.33. The van der Waals surface area contributed by atoms with Crippen molar-refractivity contribution in [2.24, 2.45) is 0 Å². The standard InChI is InChI=1S/C13H27NO3/c1-13(2,3)17-11-16-10-14-8-4-6-12(14)7-5-9-15/h12,15H,4-11H2,1-3H3. The van der Waals surface area contributed by atoms with Crippen LogP contribution < -0.4 is 0 Å². The highest BCUT2D eigenvalue weighted by Gasteiger charge is 2.23. The van der Waals surface area contributed by atoms with E-state index in [0.29, 0.717) is 26.2 Å². The highest BCUT2D eigenvalue weighted by molar-refractivity contribution is 4.77. The van der Waals surface area contributed by atoms with E-state index >= 15 is 0 Å². The molecular formula is C13H27NO3. The molecule has 0 amide bonds. The fourth-order valence-electron chi connectivity index (χ4n) is 2.09. The minimum absolute atomic E-state index is 0.138. The zero-order valence-electron chi connectivity index (χ0n) is 11.4. The summed E-state index contributed by atoms with van der Waals surface area (Å²) in [5.41, 5.74) is -0.138. The van der Waals surface area contributed by atoms with E-state index in [-0.39, 0.29) is 5.60 Å². The van der Waals surface area contributed by atoms with Crippen LogP contribution in [0, 0.1) is 0 Å². The topological polar surface area (TPSA) is 41.9 Å². The van der Waals surface area contributed by atoms with Gasteiger partial charge >= 0.3 is 0 Å². The lowest BCUT2D eigenvalue weighted by atomic mass is 10.1. The number of rotatable bonds is 7. The Hall–Kier alpha value is -0.160. The van der Waals surface area contributed by atoms with Crippen molar-refractivity contribution in [2.75, 3.05) is 26.7 Å². The highest BCUT2D eigenvalue weighted by atomic mass is 16.7. The molecule has 0 aromatic carbocycles. The Morgan fingerprint density at radius 2 is 2.12 bits per heavy atom. The summed E-state index contributed by atoms with van der Waals surface area (Å²) in [6.07, 6.45) is 4.42. The Balaban J connectivity index is 2.13. The van der Waals surface area contributed by atoms with Gasteiger partial charge in [0.1, 0.15) is 13.5 Å². The van der Waals surface area contributed by atoms with Gasteiger partial charge < -0.3 is 14.6 Å². The molecule has 1 fully saturated rings. The van der Waals surface area contributed by atoms with Crippen molar-refractivity contribution < 1.29 is 14.6 Å². The number of aliphatic hydroxyl groups is 1. The van der Waals surface area contributed by atoms with Crippen LogP contribution in [0.1, 0.15) is 46.5 Å². The van der Waals surface area contributed by atoms with Crippen LogP contribution in [-0.2, 0) is 9.47 Å². The first-order chi connectivity index (χ1) is 8.03. The molecule has 1 saturated heterocycles. The molecule has 0 saturated carbocycles. The van der Waals surface area contributed by atoms with E-state index in [1.54, 1.807) is 0 Å². The Morgan fingerprint density at radius 1 is 1.35 bits per heavy atom. The molecule has 1 unspecified atom stereocenters. The van der Waals surface area contributed by atoms with Gasteiger partial charge in [-0.15, -0.1) is 0 Å². The van der Waals surface area contributed by atoms with Crippen molar-refractivity contribution in [2.45, 2.75) is 58.1 Å². The maximum absolute atomic E-state index is 8.85. The molecule has 0 bridgehead atoms. The van der Waals surface area contributed by atoms with E-state index in [1.165, 1.54) is 12.8 Å². The Morgan fingerprint density at radius 3 is 2.76 bits per heavy atom. The van der Waals surface area contributed by atoms with Crippen molar-refractivity contribution in [3.63, 3.8) is 0 Å². The molecule has 17 heavy (non-hydrogen) atoms. The SMILES string of the molecule is CC(C)(C)OCOCN1CCCC1CCCO. The monoisotopic (exact) mass is 245 g/mol. The van der Waals surface area contributed by atoms with Crippen molar-refractivity contribution >= 4 is 0 Å². The molecule has 0 aromatic rings. The van der Waals surface area contributed by atoms with Gasteiger partial charge in [-0.05, 0) is 46.5 Å².